The Kier molecular flexibility index (Phi) is 4.18. The fraction of sp³-hybridized carbons (Fsp3) is 0.125. The van der Waals surface area contributed by atoms with Crippen molar-refractivity contribution in [2.24, 2.45) is 16.6 Å². The van der Waals surface area contributed by atoms with Gasteiger partial charge in [-0.3, -0.25) is 5.43 Å². The zero-order chi connectivity index (χ0) is 13.1. The fourth-order valence-electron chi connectivity index (χ4n) is 0.938. The molecule has 0 spiro atoms. The van der Waals surface area contributed by atoms with Gasteiger partial charge in [-0.15, -0.1) is 13.2 Å². The van der Waals surface area contributed by atoms with Crippen molar-refractivity contribution in [1.82, 2.24) is 5.43 Å². The van der Waals surface area contributed by atoms with Gasteiger partial charge in [-0.2, -0.15) is 0 Å². The van der Waals surface area contributed by atoms with Gasteiger partial charge in [0.25, 0.3) is 0 Å². The largest absolute Gasteiger partial charge is 0.573 e. The maximum absolute atomic E-state index is 12.0. The minimum absolute atomic E-state index is 0.0682. The SMILES string of the molecule is NNC(N)=Nc1ccc(OC(F)(F)F)c(Br)c1. The molecule has 0 saturated heterocycles. The average molecular weight is 313 g/mol. The third kappa shape index (κ3) is 4.49. The molecule has 0 aliphatic carbocycles. The highest BCUT2D eigenvalue weighted by atomic mass is 79.9. The second-order valence-electron chi connectivity index (χ2n) is 2.80. The lowest BCUT2D eigenvalue weighted by Crippen LogP contribution is -2.36. The third-order valence-electron chi connectivity index (χ3n) is 1.54. The van der Waals surface area contributed by atoms with Gasteiger partial charge in [0.15, 0.2) is 0 Å². The summed E-state index contributed by atoms with van der Waals surface area (Å²) in [4.78, 5) is 3.77. The lowest BCUT2D eigenvalue weighted by Gasteiger charge is -2.10. The zero-order valence-electron chi connectivity index (χ0n) is 8.25. The topological polar surface area (TPSA) is 85.7 Å². The van der Waals surface area contributed by atoms with Gasteiger partial charge < -0.3 is 10.5 Å². The summed E-state index contributed by atoms with van der Waals surface area (Å²) in [6.45, 7) is 0. The molecular formula is C8H8BrF3N4O. The summed E-state index contributed by atoms with van der Waals surface area (Å²) >= 11 is 2.92. The predicted molar refractivity (Wildman–Crippen MR) is 59.4 cm³/mol. The van der Waals surface area contributed by atoms with Crippen LogP contribution in [-0.4, -0.2) is 12.3 Å². The number of aliphatic imine (C=N–C) groups is 1. The number of halogens is 4. The first kappa shape index (κ1) is 13.6. The van der Waals surface area contributed by atoms with Crippen molar-refractivity contribution in [3.05, 3.63) is 22.7 Å². The molecule has 0 fully saturated rings. The Bertz CT molecular complexity index is 435. The summed E-state index contributed by atoms with van der Waals surface area (Å²) in [6.07, 6.45) is -4.74. The molecule has 1 aromatic carbocycles. The van der Waals surface area contributed by atoms with Crippen LogP contribution in [0, 0.1) is 0 Å². The molecule has 0 aliphatic heterocycles. The highest BCUT2D eigenvalue weighted by molar-refractivity contribution is 9.10. The minimum atomic E-state index is -4.74. The third-order valence-corrected chi connectivity index (χ3v) is 2.16. The number of nitrogens with two attached hydrogens (primary N) is 2. The number of benzene rings is 1. The number of hydrogen-bond donors (Lipinski definition) is 3. The number of nitrogens with one attached hydrogen (secondary N) is 1. The molecule has 9 heteroatoms. The van der Waals surface area contributed by atoms with Crippen LogP contribution in [0.25, 0.3) is 0 Å². The van der Waals surface area contributed by atoms with E-state index < -0.39 is 6.36 Å². The van der Waals surface area contributed by atoms with Gasteiger partial charge in [-0.05, 0) is 34.1 Å². The number of alkyl halides is 3. The average Bonchev–Trinajstić information content (AvgIpc) is 2.20. The van der Waals surface area contributed by atoms with Crippen LogP contribution in [0.15, 0.2) is 27.7 Å². The van der Waals surface area contributed by atoms with E-state index in [4.69, 9.17) is 11.6 Å². The monoisotopic (exact) mass is 312 g/mol. The van der Waals surface area contributed by atoms with Crippen LogP contribution in [0.2, 0.25) is 0 Å². The molecule has 0 atom stereocenters. The van der Waals surface area contributed by atoms with E-state index in [-0.39, 0.29) is 16.2 Å². The van der Waals surface area contributed by atoms with Crippen molar-refractivity contribution in [3.8, 4) is 5.75 Å². The molecule has 5 nitrogen and oxygen atoms in total. The first-order chi connectivity index (χ1) is 7.81. The Morgan fingerprint density at radius 3 is 2.53 bits per heavy atom. The normalized spacial score (nSPS) is 12.4. The van der Waals surface area contributed by atoms with Crippen LogP contribution >= 0.6 is 15.9 Å². The summed E-state index contributed by atoms with van der Waals surface area (Å²) in [5.41, 5.74) is 7.69. The highest BCUT2D eigenvalue weighted by Crippen LogP contribution is 2.33. The molecule has 0 bridgehead atoms. The number of guanidine groups is 1. The molecule has 0 radical (unpaired) electrons. The molecule has 0 saturated carbocycles. The Morgan fingerprint density at radius 1 is 1.41 bits per heavy atom. The van der Waals surface area contributed by atoms with Gasteiger partial charge in [-0.25, -0.2) is 10.8 Å². The molecule has 0 aliphatic rings. The quantitative estimate of drug-likeness (QED) is 0.336. The summed E-state index contributed by atoms with van der Waals surface area (Å²) < 4.78 is 39.8. The van der Waals surface area contributed by atoms with Crippen LogP contribution in [0.1, 0.15) is 0 Å². The van der Waals surface area contributed by atoms with Crippen molar-refractivity contribution >= 4 is 27.6 Å². The molecule has 0 amide bonds. The van der Waals surface area contributed by atoms with Crippen LogP contribution in [0.5, 0.6) is 5.75 Å². The van der Waals surface area contributed by atoms with E-state index in [1.807, 2.05) is 0 Å². The van der Waals surface area contributed by atoms with Crippen molar-refractivity contribution in [2.75, 3.05) is 0 Å². The van der Waals surface area contributed by atoms with E-state index in [1.54, 1.807) is 0 Å². The maximum atomic E-state index is 12.0. The molecule has 0 unspecified atom stereocenters. The highest BCUT2D eigenvalue weighted by Gasteiger charge is 2.31. The predicted octanol–water partition coefficient (Wildman–Crippen LogP) is 1.76. The summed E-state index contributed by atoms with van der Waals surface area (Å²) in [5.74, 6) is 4.55. The van der Waals surface area contributed by atoms with E-state index in [2.05, 4.69) is 31.1 Å². The van der Waals surface area contributed by atoms with Crippen molar-refractivity contribution < 1.29 is 17.9 Å². The van der Waals surface area contributed by atoms with E-state index >= 15 is 0 Å². The summed E-state index contributed by atoms with van der Waals surface area (Å²) in [5, 5.41) is 0. The molecule has 0 heterocycles. The molecule has 0 aromatic heterocycles. The Hall–Kier alpha value is -1.48. The van der Waals surface area contributed by atoms with Gasteiger partial charge in [0.1, 0.15) is 5.75 Å². The Morgan fingerprint density at radius 2 is 2.06 bits per heavy atom. The van der Waals surface area contributed by atoms with Crippen LogP contribution in [0.4, 0.5) is 18.9 Å². The van der Waals surface area contributed by atoms with Gasteiger partial charge in [0.05, 0.1) is 10.2 Å². The molecule has 1 aromatic rings. The number of hydrazine groups is 1. The standard InChI is InChI=1S/C8H8BrF3N4O/c9-5-3-4(15-7(13)16-14)1-2-6(5)17-8(10,11)12/h1-3H,14H2,(H3,13,15,16). The second-order valence-corrected chi connectivity index (χ2v) is 3.66. The fourth-order valence-corrected chi connectivity index (χ4v) is 1.39. The smallest absolute Gasteiger partial charge is 0.405 e. The first-order valence-electron chi connectivity index (χ1n) is 4.18. The van der Waals surface area contributed by atoms with E-state index in [9.17, 15) is 13.2 Å². The zero-order valence-corrected chi connectivity index (χ0v) is 9.84. The van der Waals surface area contributed by atoms with E-state index in [1.165, 1.54) is 12.1 Å². The molecule has 1 rings (SSSR count). The number of rotatable bonds is 2. The molecular weight excluding hydrogens is 305 g/mol. The van der Waals surface area contributed by atoms with Crippen molar-refractivity contribution in [3.63, 3.8) is 0 Å². The lowest BCUT2D eigenvalue weighted by molar-refractivity contribution is -0.274. The summed E-state index contributed by atoms with van der Waals surface area (Å²) in [6, 6.07) is 3.72. The van der Waals surface area contributed by atoms with Crippen molar-refractivity contribution in [2.45, 2.75) is 6.36 Å². The van der Waals surface area contributed by atoms with Crippen LogP contribution in [-0.2, 0) is 0 Å². The Balaban J connectivity index is 2.94. The summed E-state index contributed by atoms with van der Waals surface area (Å²) in [7, 11) is 0. The lowest BCUT2D eigenvalue weighted by atomic mass is 10.3. The Labute approximate surface area is 103 Å². The van der Waals surface area contributed by atoms with Crippen LogP contribution < -0.4 is 21.7 Å². The second kappa shape index (κ2) is 5.23. The number of nitrogens with zero attached hydrogens (tertiary/aromatic N) is 1. The first-order valence-corrected chi connectivity index (χ1v) is 4.97. The maximum Gasteiger partial charge on any atom is 0.573 e. The van der Waals surface area contributed by atoms with Gasteiger partial charge >= 0.3 is 6.36 Å². The van der Waals surface area contributed by atoms with Crippen LogP contribution in [0.3, 0.4) is 0 Å². The molecule has 17 heavy (non-hydrogen) atoms. The van der Waals surface area contributed by atoms with E-state index in [0.717, 1.165) is 6.07 Å². The minimum Gasteiger partial charge on any atom is -0.405 e. The number of hydrogen-bond acceptors (Lipinski definition) is 3. The van der Waals surface area contributed by atoms with E-state index in [0.29, 0.717) is 5.69 Å². The molecule has 5 N–H and O–H groups in total. The van der Waals surface area contributed by atoms with Gasteiger partial charge in [-0.1, -0.05) is 0 Å². The number of ether oxygens (including phenoxy) is 1. The van der Waals surface area contributed by atoms with Gasteiger partial charge in [0, 0.05) is 0 Å². The van der Waals surface area contributed by atoms with Crippen molar-refractivity contribution in [1.29, 1.82) is 0 Å². The van der Waals surface area contributed by atoms with Gasteiger partial charge in [0.2, 0.25) is 5.96 Å². The molecule has 94 valence electrons.